The summed E-state index contributed by atoms with van der Waals surface area (Å²) in [5, 5.41) is 0. The number of hydrogen-bond donors (Lipinski definition) is 2. The van der Waals surface area contributed by atoms with E-state index < -0.39 is 78.8 Å². The zero-order valence-corrected chi connectivity index (χ0v) is 47.0. The van der Waals surface area contributed by atoms with Crippen molar-refractivity contribution < 1.29 is 51.5 Å². The SMILES string of the molecule is COc1ccc(C(OC[C@H]2O[C@@H](n3cc(C)c(=O)[nH]c3=O)C[C@@H]2O[PH](=O)O[C@H]2C[C@H](n3cc(C)c(=O)[nH]c3=O)O[C@@H]2COC(c2ccccc2)(c2ccc(OC)cc2)c2ccc(OC)cc2)(c2ccccc2)c2ccc(OC)cc2)cc1. The number of ether oxygens (including phenoxy) is 8. The second-order valence-electron chi connectivity index (χ2n) is 19.9. The van der Waals surface area contributed by atoms with Gasteiger partial charge in [-0.2, -0.15) is 0 Å². The Morgan fingerprint density at radius 2 is 0.756 bits per heavy atom. The molecule has 4 heterocycles. The number of aromatic nitrogens is 4. The molecule has 2 aliphatic rings. The fraction of sp³-hybridized carbons (Fsp3) is 0.290. The van der Waals surface area contributed by atoms with Gasteiger partial charge in [0.2, 0.25) is 0 Å². The number of methoxy groups -OCH3 is 4. The molecule has 2 fully saturated rings. The summed E-state index contributed by atoms with van der Waals surface area (Å²) in [6, 6.07) is 49.3. The molecule has 10 rings (SSSR count). The maximum atomic E-state index is 14.9. The van der Waals surface area contributed by atoms with E-state index in [2.05, 4.69) is 9.97 Å². The summed E-state index contributed by atoms with van der Waals surface area (Å²) < 4.78 is 80.5. The van der Waals surface area contributed by atoms with Gasteiger partial charge in [-0.3, -0.25) is 33.3 Å². The summed E-state index contributed by atoms with van der Waals surface area (Å²) >= 11 is 0. The zero-order valence-electron chi connectivity index (χ0n) is 46.0. The van der Waals surface area contributed by atoms with Crippen LogP contribution in [0.4, 0.5) is 0 Å². The Bertz CT molecular complexity index is 3390. The van der Waals surface area contributed by atoms with Gasteiger partial charge in [-0.05, 0) is 95.8 Å². The van der Waals surface area contributed by atoms with E-state index in [1.54, 1.807) is 42.3 Å². The van der Waals surface area contributed by atoms with E-state index in [1.165, 1.54) is 21.5 Å². The first-order valence-electron chi connectivity index (χ1n) is 26.6. The van der Waals surface area contributed by atoms with Crippen LogP contribution in [0.1, 0.15) is 69.8 Å². The van der Waals surface area contributed by atoms with Gasteiger partial charge in [0.05, 0.1) is 53.9 Å². The van der Waals surface area contributed by atoms with E-state index in [1.807, 2.05) is 158 Å². The third-order valence-corrected chi connectivity index (χ3v) is 16.0. The first-order chi connectivity index (χ1) is 39.8. The highest BCUT2D eigenvalue weighted by Crippen LogP contribution is 2.47. The summed E-state index contributed by atoms with van der Waals surface area (Å²) in [7, 11) is 2.75. The molecule has 8 aromatic rings. The largest absolute Gasteiger partial charge is 0.497 e. The summed E-state index contributed by atoms with van der Waals surface area (Å²) in [5.74, 6) is 2.50. The van der Waals surface area contributed by atoms with Crippen molar-refractivity contribution in [1.29, 1.82) is 0 Å². The minimum Gasteiger partial charge on any atom is -0.497 e. The lowest BCUT2D eigenvalue weighted by Gasteiger charge is -2.37. The number of nitrogens with one attached hydrogen (secondary N) is 2. The van der Waals surface area contributed by atoms with Crippen molar-refractivity contribution >= 4 is 8.25 Å². The van der Waals surface area contributed by atoms with E-state index in [-0.39, 0.29) is 37.2 Å². The highest BCUT2D eigenvalue weighted by Gasteiger charge is 2.47. The molecule has 0 radical (unpaired) electrons. The molecule has 82 heavy (non-hydrogen) atoms. The third kappa shape index (κ3) is 11.7. The number of rotatable bonds is 22. The first-order valence-corrected chi connectivity index (χ1v) is 27.8. The number of benzene rings is 6. The third-order valence-electron chi connectivity index (χ3n) is 15.0. The van der Waals surface area contributed by atoms with Crippen LogP contribution in [0, 0.1) is 13.8 Å². The molecule has 2 N–H and O–H groups in total. The summed E-state index contributed by atoms with van der Waals surface area (Å²) in [6.07, 6.45) is -3.45. The average Bonchev–Trinajstić information content (AvgIpc) is 3.61. The lowest BCUT2D eigenvalue weighted by Crippen LogP contribution is -2.39. The van der Waals surface area contributed by atoms with Crippen LogP contribution in [0.2, 0.25) is 0 Å². The second kappa shape index (κ2) is 24.9. The van der Waals surface area contributed by atoms with Crippen molar-refractivity contribution in [3.05, 3.63) is 256 Å². The van der Waals surface area contributed by atoms with Crippen molar-refractivity contribution in [3.8, 4) is 23.0 Å². The predicted octanol–water partition coefficient (Wildman–Crippen LogP) is 8.49. The second-order valence-corrected chi connectivity index (χ2v) is 20.9. The Morgan fingerprint density at radius 1 is 0.463 bits per heavy atom. The average molecular weight is 1140 g/mol. The number of nitrogens with zero attached hydrogens (tertiary/aromatic N) is 2. The molecule has 0 spiro atoms. The quantitative estimate of drug-likeness (QED) is 0.0480. The molecule has 6 atom stereocenters. The Labute approximate surface area is 472 Å². The number of aryl methyl sites for hydroxylation is 2. The monoisotopic (exact) mass is 1130 g/mol. The minimum absolute atomic E-state index is 0.0334. The fourth-order valence-electron chi connectivity index (χ4n) is 10.7. The van der Waals surface area contributed by atoms with E-state index in [9.17, 15) is 23.7 Å². The van der Waals surface area contributed by atoms with Crippen LogP contribution in [-0.4, -0.2) is 85.2 Å². The molecular weight excluding hydrogens is 1070 g/mol. The molecule has 19 nitrogen and oxygen atoms in total. The van der Waals surface area contributed by atoms with Gasteiger partial charge in [-0.1, -0.05) is 109 Å². The first kappa shape index (κ1) is 57.1. The number of aromatic amines is 2. The predicted molar refractivity (Wildman–Crippen MR) is 304 cm³/mol. The van der Waals surface area contributed by atoms with Crippen LogP contribution in [0.3, 0.4) is 0 Å². The van der Waals surface area contributed by atoms with Gasteiger partial charge in [-0.15, -0.1) is 0 Å². The zero-order chi connectivity index (χ0) is 57.5. The molecule has 0 saturated carbocycles. The maximum Gasteiger partial charge on any atom is 0.330 e. The molecule has 0 aliphatic carbocycles. The van der Waals surface area contributed by atoms with Crippen molar-refractivity contribution in [1.82, 2.24) is 19.1 Å². The molecule has 2 aromatic heterocycles. The van der Waals surface area contributed by atoms with Crippen molar-refractivity contribution in [2.75, 3.05) is 41.7 Å². The highest BCUT2D eigenvalue weighted by molar-refractivity contribution is 7.33. The van der Waals surface area contributed by atoms with Gasteiger partial charge >= 0.3 is 19.6 Å². The van der Waals surface area contributed by atoms with Crippen LogP contribution in [0.25, 0.3) is 0 Å². The van der Waals surface area contributed by atoms with Crippen molar-refractivity contribution in [3.63, 3.8) is 0 Å². The van der Waals surface area contributed by atoms with Gasteiger partial charge in [0.15, 0.2) is 0 Å². The van der Waals surface area contributed by atoms with E-state index in [0.29, 0.717) is 23.0 Å². The Balaban J connectivity index is 1.01. The number of H-pyrrole nitrogens is 2. The molecule has 0 amide bonds. The van der Waals surface area contributed by atoms with E-state index in [4.69, 9.17) is 46.9 Å². The van der Waals surface area contributed by atoms with Gasteiger partial charge in [0.25, 0.3) is 11.1 Å². The molecule has 6 aromatic carbocycles. The Hall–Kier alpha value is -8.13. The lowest BCUT2D eigenvalue weighted by atomic mass is 9.80. The molecule has 0 unspecified atom stereocenters. The van der Waals surface area contributed by atoms with Gasteiger partial charge in [0, 0.05) is 36.4 Å². The lowest BCUT2D eigenvalue weighted by molar-refractivity contribution is -0.0969. The van der Waals surface area contributed by atoms with Crippen molar-refractivity contribution in [2.45, 2.75) is 74.8 Å². The molecule has 426 valence electrons. The minimum atomic E-state index is -3.59. The van der Waals surface area contributed by atoms with E-state index >= 15 is 0 Å². The van der Waals surface area contributed by atoms with Crippen LogP contribution < -0.4 is 41.4 Å². The standard InChI is InChI=1S/C62H63N4O15P/c1-39-35-65(59(69)63-57(39)67)55-33-51(53(78-55)37-76-61(41-13-9-7-10-14-41,43-17-25-47(72-3)26-18-43)44-19-27-48(73-4)28-20-44)80-82(71)81-52-34-56(66-36-40(2)58(68)64-60(66)70)79-54(52)38-77-62(42-15-11-8-12-16-42,45-21-29-49(74-5)30-22-45)46-23-31-50(75-6)32-24-46/h7-32,35-36,51-56,82H,33-34,37-38H2,1-6H3,(H,63,67,69)(H,64,68,70)/t51-,52-,53+,54+,55+,56+/m0/s1. The topological polar surface area (TPSA) is 219 Å². The van der Waals surface area contributed by atoms with Gasteiger partial charge < -0.3 is 46.9 Å². The van der Waals surface area contributed by atoms with Gasteiger partial charge in [0.1, 0.15) is 58.9 Å². The van der Waals surface area contributed by atoms with Crippen LogP contribution in [-0.2, 0) is 43.8 Å². The van der Waals surface area contributed by atoms with Crippen LogP contribution in [0.5, 0.6) is 23.0 Å². The fourth-order valence-corrected chi connectivity index (χ4v) is 11.8. The van der Waals surface area contributed by atoms with Crippen LogP contribution in [0.15, 0.2) is 189 Å². The normalized spacial score (nSPS) is 19.1. The molecule has 0 bridgehead atoms. The maximum absolute atomic E-state index is 14.9. The molecule has 2 saturated heterocycles. The van der Waals surface area contributed by atoms with Crippen molar-refractivity contribution in [2.24, 2.45) is 0 Å². The summed E-state index contributed by atoms with van der Waals surface area (Å²) in [6.45, 7) is 2.75. The Morgan fingerprint density at radius 3 is 1.05 bits per heavy atom. The van der Waals surface area contributed by atoms with E-state index in [0.717, 1.165) is 33.4 Å². The Kier molecular flexibility index (Phi) is 17.4. The molecular formula is C62H63N4O15P. The summed E-state index contributed by atoms with van der Waals surface area (Å²) in [4.78, 5) is 56.9. The summed E-state index contributed by atoms with van der Waals surface area (Å²) in [5.41, 5.74) is -0.200. The smallest absolute Gasteiger partial charge is 0.330 e. The molecule has 2 aliphatic heterocycles. The highest BCUT2D eigenvalue weighted by atomic mass is 31.1. The van der Waals surface area contributed by atoms with Gasteiger partial charge in [-0.25, -0.2) is 9.59 Å². The number of hydrogen-bond acceptors (Lipinski definition) is 15. The molecule has 20 heteroatoms. The van der Waals surface area contributed by atoms with Crippen LogP contribution >= 0.6 is 8.25 Å².